The lowest BCUT2D eigenvalue weighted by molar-refractivity contribution is -0.135. The summed E-state index contributed by atoms with van der Waals surface area (Å²) in [6.07, 6.45) is 3.58. The molecule has 3 aliphatic heterocycles. The first-order valence-electron chi connectivity index (χ1n) is 12.9. The van der Waals surface area contributed by atoms with Gasteiger partial charge in [0.25, 0.3) is 5.91 Å². The average molecular weight is 560 g/mol. The smallest absolute Gasteiger partial charge is 0.261 e. The lowest BCUT2D eigenvalue weighted by Crippen LogP contribution is -2.44. The fourth-order valence-electron chi connectivity index (χ4n) is 5.57. The predicted octanol–water partition coefficient (Wildman–Crippen LogP) is 4.45. The van der Waals surface area contributed by atoms with Crippen LogP contribution in [0.5, 0.6) is 5.75 Å². The van der Waals surface area contributed by atoms with Crippen LogP contribution in [0.3, 0.4) is 0 Å². The van der Waals surface area contributed by atoms with E-state index in [1.807, 2.05) is 6.07 Å². The Bertz CT molecular complexity index is 1360. The fraction of sp³-hybridized carbons (Fsp3) is 0.444. The summed E-state index contributed by atoms with van der Waals surface area (Å²) in [5, 5.41) is 0.495. The van der Waals surface area contributed by atoms with Crippen LogP contribution < -0.4 is 9.64 Å². The third-order valence-corrected chi connectivity index (χ3v) is 7.92. The van der Waals surface area contributed by atoms with Gasteiger partial charge in [0.1, 0.15) is 23.5 Å². The van der Waals surface area contributed by atoms with Crippen molar-refractivity contribution in [3.63, 3.8) is 0 Å². The molecule has 1 atom stereocenters. The molecule has 0 radical (unpaired) electrons. The second kappa shape index (κ2) is 10.7. The van der Waals surface area contributed by atoms with Crippen LogP contribution in [-0.4, -0.2) is 64.8 Å². The predicted molar refractivity (Wildman–Crippen MR) is 142 cm³/mol. The van der Waals surface area contributed by atoms with Crippen molar-refractivity contribution in [3.8, 4) is 5.75 Å². The number of aromatic nitrogens is 3. The summed E-state index contributed by atoms with van der Waals surface area (Å²) in [5.41, 5.74) is 2.21. The first-order chi connectivity index (χ1) is 18.5. The van der Waals surface area contributed by atoms with E-state index in [2.05, 4.69) is 14.5 Å². The van der Waals surface area contributed by atoms with Gasteiger partial charge >= 0.3 is 0 Å². The number of pyridine rings is 1. The van der Waals surface area contributed by atoms with Crippen molar-refractivity contribution in [3.05, 3.63) is 69.1 Å². The van der Waals surface area contributed by atoms with E-state index in [0.717, 1.165) is 61.9 Å². The fourth-order valence-corrected chi connectivity index (χ4v) is 5.93. The number of carbonyl (C=O) groups is 1. The first-order valence-corrected chi connectivity index (χ1v) is 13.7. The van der Waals surface area contributed by atoms with E-state index in [-0.39, 0.29) is 17.7 Å². The van der Waals surface area contributed by atoms with E-state index in [9.17, 15) is 4.79 Å². The number of amides is 1. The van der Waals surface area contributed by atoms with E-state index in [4.69, 9.17) is 37.7 Å². The quantitative estimate of drug-likeness (QED) is 0.430. The number of carbonyl (C=O) groups excluding carboxylic acids is 1. The molecule has 1 saturated heterocycles. The zero-order valence-electron chi connectivity index (χ0n) is 20.8. The van der Waals surface area contributed by atoms with Gasteiger partial charge in [-0.3, -0.25) is 4.79 Å². The highest BCUT2D eigenvalue weighted by Gasteiger charge is 2.38. The molecule has 0 bridgehead atoms. The summed E-state index contributed by atoms with van der Waals surface area (Å²) in [6.45, 7) is 3.71. The van der Waals surface area contributed by atoms with Crippen molar-refractivity contribution in [1.29, 1.82) is 0 Å². The van der Waals surface area contributed by atoms with E-state index in [1.54, 1.807) is 23.1 Å². The van der Waals surface area contributed by atoms with Gasteiger partial charge in [-0.2, -0.15) is 0 Å². The molecule has 3 aliphatic rings. The minimum Gasteiger partial charge on any atom is -0.481 e. The Hall–Kier alpha value is -2.88. The van der Waals surface area contributed by atoms with Gasteiger partial charge in [-0.25, -0.2) is 14.4 Å². The van der Waals surface area contributed by atoms with Crippen molar-refractivity contribution in [2.75, 3.05) is 44.4 Å². The van der Waals surface area contributed by atoms with E-state index in [1.165, 1.54) is 6.07 Å². The van der Waals surface area contributed by atoms with Gasteiger partial charge in [0.05, 0.1) is 24.6 Å². The van der Waals surface area contributed by atoms with Crippen LogP contribution in [0.2, 0.25) is 10.2 Å². The van der Waals surface area contributed by atoms with Crippen molar-refractivity contribution >= 4 is 34.9 Å². The number of imidazole rings is 1. The Morgan fingerprint density at radius 3 is 2.68 bits per heavy atom. The van der Waals surface area contributed by atoms with Crippen molar-refractivity contribution in [1.82, 2.24) is 19.4 Å². The number of aryl methyl sites for hydroxylation is 1. The van der Waals surface area contributed by atoms with Crippen LogP contribution in [0, 0.1) is 5.82 Å². The molecule has 200 valence electrons. The van der Waals surface area contributed by atoms with E-state index < -0.39 is 11.9 Å². The minimum atomic E-state index is -0.622. The lowest BCUT2D eigenvalue weighted by atomic mass is 9.94. The molecule has 11 heteroatoms. The van der Waals surface area contributed by atoms with E-state index in [0.29, 0.717) is 42.5 Å². The molecule has 0 saturated carbocycles. The first kappa shape index (κ1) is 25.4. The Kier molecular flexibility index (Phi) is 7.16. The monoisotopic (exact) mass is 559 g/mol. The summed E-state index contributed by atoms with van der Waals surface area (Å²) in [4.78, 5) is 26.7. The molecule has 6 rings (SSSR count). The number of ether oxygens (including phenoxy) is 2. The third-order valence-electron chi connectivity index (χ3n) is 7.42. The molecule has 0 aliphatic carbocycles. The molecule has 38 heavy (non-hydrogen) atoms. The third kappa shape index (κ3) is 4.83. The number of nitrogens with zero attached hydrogens (tertiary/aromatic N) is 5. The zero-order chi connectivity index (χ0) is 26.2. The van der Waals surface area contributed by atoms with Gasteiger partial charge in [-0.15, -0.1) is 0 Å². The minimum absolute atomic E-state index is 0.188. The van der Waals surface area contributed by atoms with Crippen LogP contribution >= 0.6 is 23.2 Å². The summed E-state index contributed by atoms with van der Waals surface area (Å²) in [6, 6.07) is 7.54. The van der Waals surface area contributed by atoms with Gasteiger partial charge in [0.2, 0.25) is 0 Å². The normalized spacial score (nSPS) is 19.2. The highest BCUT2D eigenvalue weighted by molar-refractivity contribution is 6.31. The van der Waals surface area contributed by atoms with Crippen LogP contribution in [-0.2, 0) is 28.9 Å². The highest BCUT2D eigenvalue weighted by Crippen LogP contribution is 2.39. The van der Waals surface area contributed by atoms with Gasteiger partial charge in [-0.05, 0) is 37.1 Å². The molecule has 5 heterocycles. The molecule has 1 unspecified atom stereocenters. The van der Waals surface area contributed by atoms with Gasteiger partial charge < -0.3 is 23.8 Å². The molecule has 0 spiro atoms. The zero-order valence-corrected chi connectivity index (χ0v) is 22.3. The molecule has 2 aromatic heterocycles. The number of hydrogen-bond donors (Lipinski definition) is 0. The van der Waals surface area contributed by atoms with Gasteiger partial charge in [0, 0.05) is 49.6 Å². The molecular formula is C27H28Cl2FN5O3. The average Bonchev–Trinajstić information content (AvgIpc) is 3.31. The van der Waals surface area contributed by atoms with E-state index >= 15 is 4.39 Å². The standard InChI is InChI=1S/C27H28Cl2FN5O3/c28-17-4-5-18(19(30)15-17)25-26-20(31-23-3-1-2-9-34(23)26)8-10-35(25)24(36)16-38-21-6-7-22(32-27(21)29)33-11-13-37-14-12-33/h4-7,15,25H,1-3,8-14,16H2. The van der Waals surface area contributed by atoms with Crippen molar-refractivity contribution in [2.45, 2.75) is 38.3 Å². The van der Waals surface area contributed by atoms with Crippen molar-refractivity contribution < 1.29 is 18.7 Å². The maximum atomic E-state index is 15.3. The summed E-state index contributed by atoms with van der Waals surface area (Å²) >= 11 is 12.5. The molecule has 0 N–H and O–H groups in total. The summed E-state index contributed by atoms with van der Waals surface area (Å²) < 4.78 is 28.7. The topological polar surface area (TPSA) is 72.7 Å². The summed E-state index contributed by atoms with van der Waals surface area (Å²) in [7, 11) is 0. The molecule has 1 aromatic carbocycles. The maximum Gasteiger partial charge on any atom is 0.261 e. The second-order valence-corrected chi connectivity index (χ2v) is 10.5. The molecule has 1 fully saturated rings. The Balaban J connectivity index is 1.26. The van der Waals surface area contributed by atoms with Crippen LogP contribution in [0.4, 0.5) is 10.2 Å². The number of hydrogen-bond acceptors (Lipinski definition) is 6. The molecule has 1 amide bonds. The number of benzene rings is 1. The lowest BCUT2D eigenvalue weighted by Gasteiger charge is -2.37. The molecule has 3 aromatic rings. The van der Waals surface area contributed by atoms with Gasteiger partial charge in [0.15, 0.2) is 17.5 Å². The highest BCUT2D eigenvalue weighted by atomic mass is 35.5. The maximum absolute atomic E-state index is 15.3. The molecule has 8 nitrogen and oxygen atoms in total. The number of rotatable bonds is 5. The number of fused-ring (bicyclic) bond motifs is 3. The van der Waals surface area contributed by atoms with Crippen LogP contribution in [0.1, 0.15) is 41.7 Å². The molecular weight excluding hydrogens is 532 g/mol. The van der Waals surface area contributed by atoms with Crippen LogP contribution in [0.15, 0.2) is 30.3 Å². The number of anilines is 1. The second-order valence-electron chi connectivity index (χ2n) is 9.72. The SMILES string of the molecule is O=C(COc1ccc(N2CCOCC2)nc1Cl)N1CCc2nc3n(c2C1c1ccc(Cl)cc1F)CCCC3. The Labute approximate surface area is 230 Å². The largest absolute Gasteiger partial charge is 0.481 e. The van der Waals surface area contributed by atoms with Gasteiger partial charge in [-0.1, -0.05) is 29.3 Å². The van der Waals surface area contributed by atoms with Crippen LogP contribution in [0.25, 0.3) is 0 Å². The Morgan fingerprint density at radius 2 is 1.89 bits per heavy atom. The number of halogens is 3. The number of morpholine rings is 1. The Morgan fingerprint density at radius 1 is 1.05 bits per heavy atom. The summed E-state index contributed by atoms with van der Waals surface area (Å²) in [5.74, 6) is 1.35. The van der Waals surface area contributed by atoms with Crippen molar-refractivity contribution in [2.24, 2.45) is 0 Å².